The fourth-order valence-electron chi connectivity index (χ4n) is 3.12. The van der Waals surface area contributed by atoms with Crippen molar-refractivity contribution in [2.45, 2.75) is 19.6 Å². The average Bonchev–Trinajstić information content (AvgIpc) is 2.74. The first-order chi connectivity index (χ1) is 14.0. The highest BCUT2D eigenvalue weighted by atomic mass is 35.5. The van der Waals surface area contributed by atoms with Gasteiger partial charge < -0.3 is 15.0 Å². The highest BCUT2D eigenvalue weighted by Gasteiger charge is 2.31. The Morgan fingerprint density at radius 1 is 1.21 bits per heavy atom. The van der Waals surface area contributed by atoms with E-state index in [9.17, 15) is 9.59 Å². The summed E-state index contributed by atoms with van der Waals surface area (Å²) in [5.74, 6) is 0.160. The Kier molecular flexibility index (Phi) is 5.18. The molecule has 1 N–H and O–H groups in total. The first kappa shape index (κ1) is 19.0. The summed E-state index contributed by atoms with van der Waals surface area (Å²) in [7, 11) is 0. The summed E-state index contributed by atoms with van der Waals surface area (Å²) in [6.07, 6.45) is 2.51. The van der Waals surface area contributed by atoms with Crippen LogP contribution in [0.5, 0.6) is 5.75 Å². The summed E-state index contributed by atoms with van der Waals surface area (Å²) in [6.45, 7) is 2.09. The Labute approximate surface area is 173 Å². The van der Waals surface area contributed by atoms with E-state index in [4.69, 9.17) is 16.3 Å². The number of halogens is 1. The van der Waals surface area contributed by atoms with Gasteiger partial charge in [0.05, 0.1) is 17.8 Å². The number of nitrogens with zero attached hydrogens (tertiary/aromatic N) is 2. The molecule has 1 aromatic heterocycles. The van der Waals surface area contributed by atoms with Gasteiger partial charge in [-0.3, -0.25) is 14.6 Å². The Morgan fingerprint density at radius 3 is 2.72 bits per heavy atom. The van der Waals surface area contributed by atoms with Crippen molar-refractivity contribution in [3.05, 3.63) is 83.1 Å². The molecule has 29 heavy (non-hydrogen) atoms. The molecular weight excluding hydrogens is 390 g/mol. The highest BCUT2D eigenvalue weighted by Crippen LogP contribution is 2.37. The van der Waals surface area contributed by atoms with E-state index in [1.165, 1.54) is 6.20 Å². The molecule has 7 heteroatoms. The summed E-state index contributed by atoms with van der Waals surface area (Å²) >= 11 is 5.96. The molecule has 1 aliphatic rings. The van der Waals surface area contributed by atoms with Crippen LogP contribution < -0.4 is 15.0 Å². The van der Waals surface area contributed by atoms with Gasteiger partial charge in [-0.1, -0.05) is 23.7 Å². The number of carbonyl (C=O) groups is 2. The number of anilines is 2. The minimum atomic E-state index is -0.592. The molecule has 0 bridgehead atoms. The molecule has 2 amide bonds. The molecule has 0 saturated heterocycles. The summed E-state index contributed by atoms with van der Waals surface area (Å²) in [5.41, 5.74) is 2.55. The van der Waals surface area contributed by atoms with Gasteiger partial charge in [-0.2, -0.15) is 0 Å². The maximum Gasteiger partial charge on any atom is 0.268 e. The molecule has 3 aromatic rings. The second-order valence-electron chi connectivity index (χ2n) is 6.69. The normalized spacial score (nSPS) is 15.4. The number of nitrogens with one attached hydrogen (secondary N) is 1. The highest BCUT2D eigenvalue weighted by molar-refractivity contribution is 6.30. The molecule has 2 heterocycles. The molecule has 2 aromatic carbocycles. The molecule has 0 aliphatic carbocycles. The number of hydrogen-bond donors (Lipinski definition) is 1. The van der Waals surface area contributed by atoms with Crippen molar-refractivity contribution in [2.75, 3.05) is 10.2 Å². The van der Waals surface area contributed by atoms with Gasteiger partial charge in [0.1, 0.15) is 5.75 Å². The molecule has 0 fully saturated rings. The molecule has 1 aliphatic heterocycles. The molecule has 0 radical (unpaired) electrons. The van der Waals surface area contributed by atoms with Crippen molar-refractivity contribution in [1.82, 2.24) is 4.98 Å². The van der Waals surface area contributed by atoms with Gasteiger partial charge in [0.2, 0.25) is 0 Å². The Hall–Kier alpha value is -3.38. The van der Waals surface area contributed by atoms with Crippen molar-refractivity contribution in [1.29, 1.82) is 0 Å². The number of fused-ring (bicyclic) bond motifs is 1. The van der Waals surface area contributed by atoms with Crippen molar-refractivity contribution >= 4 is 34.8 Å². The standard InChI is InChI=1S/C22H18ClN3O3/c1-14-22(28)26(13-15-4-6-17(23)7-5-15)19-11-18(8-9-20(19)29-14)25-21(27)16-3-2-10-24-12-16/h2-12,14H,13H2,1H3,(H,25,27). The lowest BCUT2D eigenvalue weighted by molar-refractivity contribution is -0.125. The van der Waals surface area contributed by atoms with Crippen LogP contribution in [0.2, 0.25) is 5.02 Å². The lowest BCUT2D eigenvalue weighted by Crippen LogP contribution is -2.44. The minimum Gasteiger partial charge on any atom is -0.479 e. The minimum absolute atomic E-state index is 0.150. The van der Waals surface area contributed by atoms with Gasteiger partial charge >= 0.3 is 0 Å². The maximum absolute atomic E-state index is 12.8. The van der Waals surface area contributed by atoms with E-state index >= 15 is 0 Å². The zero-order chi connectivity index (χ0) is 20.4. The third-order valence-corrected chi connectivity index (χ3v) is 4.85. The number of pyridine rings is 1. The van der Waals surface area contributed by atoms with Gasteiger partial charge in [-0.05, 0) is 55.0 Å². The van der Waals surface area contributed by atoms with Crippen LogP contribution in [0.1, 0.15) is 22.8 Å². The van der Waals surface area contributed by atoms with Crippen LogP contribution in [0.4, 0.5) is 11.4 Å². The maximum atomic E-state index is 12.8. The molecule has 6 nitrogen and oxygen atoms in total. The smallest absolute Gasteiger partial charge is 0.268 e. The third-order valence-electron chi connectivity index (χ3n) is 4.60. The molecule has 146 valence electrons. The fourth-order valence-corrected chi connectivity index (χ4v) is 3.25. The van der Waals surface area contributed by atoms with Crippen molar-refractivity contribution in [3.8, 4) is 5.75 Å². The number of benzene rings is 2. The van der Waals surface area contributed by atoms with Crippen LogP contribution >= 0.6 is 11.6 Å². The van der Waals surface area contributed by atoms with Crippen LogP contribution in [0.25, 0.3) is 0 Å². The van der Waals surface area contributed by atoms with Gasteiger partial charge in [0.15, 0.2) is 6.10 Å². The van der Waals surface area contributed by atoms with Crippen LogP contribution in [0, 0.1) is 0 Å². The fraction of sp³-hybridized carbons (Fsp3) is 0.136. The van der Waals surface area contributed by atoms with Crippen molar-refractivity contribution in [2.24, 2.45) is 0 Å². The molecule has 1 atom stereocenters. The molecule has 4 rings (SSSR count). The summed E-state index contributed by atoms with van der Waals surface area (Å²) in [5, 5.41) is 3.47. The first-order valence-electron chi connectivity index (χ1n) is 9.09. The Morgan fingerprint density at radius 2 is 2.00 bits per heavy atom. The quantitative estimate of drug-likeness (QED) is 0.699. The van der Waals surface area contributed by atoms with Crippen LogP contribution in [-0.2, 0) is 11.3 Å². The first-order valence-corrected chi connectivity index (χ1v) is 9.47. The Bertz CT molecular complexity index is 1050. The largest absolute Gasteiger partial charge is 0.479 e. The average molecular weight is 408 g/mol. The predicted molar refractivity (Wildman–Crippen MR) is 111 cm³/mol. The second kappa shape index (κ2) is 7.93. The number of carbonyl (C=O) groups excluding carboxylic acids is 2. The lowest BCUT2D eigenvalue weighted by atomic mass is 10.1. The van der Waals surface area contributed by atoms with Gasteiger partial charge in [-0.15, -0.1) is 0 Å². The topological polar surface area (TPSA) is 71.5 Å². The second-order valence-corrected chi connectivity index (χ2v) is 7.13. The number of rotatable bonds is 4. The number of ether oxygens (including phenoxy) is 1. The third kappa shape index (κ3) is 4.07. The van der Waals surface area contributed by atoms with E-state index in [0.717, 1.165) is 5.56 Å². The zero-order valence-corrected chi connectivity index (χ0v) is 16.4. The molecule has 0 spiro atoms. The predicted octanol–water partition coefficient (Wildman–Crippen LogP) is 4.30. The number of aromatic nitrogens is 1. The zero-order valence-electron chi connectivity index (χ0n) is 15.6. The summed E-state index contributed by atoms with van der Waals surface area (Å²) < 4.78 is 5.74. The molecule has 0 saturated carbocycles. The Balaban J connectivity index is 1.63. The van der Waals surface area contributed by atoms with E-state index < -0.39 is 6.10 Å². The van der Waals surface area contributed by atoms with Crippen LogP contribution in [-0.4, -0.2) is 22.9 Å². The molecule has 1 unspecified atom stereocenters. The molecular formula is C22H18ClN3O3. The van der Waals surface area contributed by atoms with E-state index in [-0.39, 0.29) is 11.8 Å². The van der Waals surface area contributed by atoms with Gasteiger partial charge in [0.25, 0.3) is 11.8 Å². The summed E-state index contributed by atoms with van der Waals surface area (Å²) in [4.78, 5) is 30.8. The SMILES string of the molecule is CC1Oc2ccc(NC(=O)c3cccnc3)cc2N(Cc2ccc(Cl)cc2)C1=O. The van der Waals surface area contributed by atoms with E-state index in [1.807, 2.05) is 12.1 Å². The van der Waals surface area contributed by atoms with Gasteiger partial charge in [0, 0.05) is 23.1 Å². The van der Waals surface area contributed by atoms with Crippen LogP contribution in [0.3, 0.4) is 0 Å². The van der Waals surface area contributed by atoms with Crippen molar-refractivity contribution in [3.63, 3.8) is 0 Å². The van der Waals surface area contributed by atoms with E-state index in [0.29, 0.717) is 34.3 Å². The number of hydrogen-bond acceptors (Lipinski definition) is 4. The lowest BCUT2D eigenvalue weighted by Gasteiger charge is -2.33. The van der Waals surface area contributed by atoms with Crippen LogP contribution in [0.15, 0.2) is 67.0 Å². The van der Waals surface area contributed by atoms with E-state index in [1.54, 1.807) is 60.5 Å². The van der Waals surface area contributed by atoms with Gasteiger partial charge in [-0.25, -0.2) is 0 Å². The van der Waals surface area contributed by atoms with Crippen molar-refractivity contribution < 1.29 is 14.3 Å². The van der Waals surface area contributed by atoms with E-state index in [2.05, 4.69) is 10.3 Å². The monoisotopic (exact) mass is 407 g/mol. The number of amides is 2. The summed E-state index contributed by atoms with van der Waals surface area (Å²) in [6, 6.07) is 16.0.